The van der Waals surface area contributed by atoms with Gasteiger partial charge in [-0.15, -0.1) is 0 Å². The molecule has 6 nitrogen and oxygen atoms in total. The highest BCUT2D eigenvalue weighted by Crippen LogP contribution is 2.43. The van der Waals surface area contributed by atoms with Crippen LogP contribution in [0.4, 0.5) is 4.79 Å². The Morgan fingerprint density at radius 1 is 1.18 bits per heavy atom. The van der Waals surface area contributed by atoms with Gasteiger partial charge in [0.15, 0.2) is 0 Å². The fourth-order valence-electron chi connectivity index (χ4n) is 4.16. The maximum Gasteiger partial charge on any atom is 0.326 e. The zero-order valence-electron chi connectivity index (χ0n) is 17.2. The van der Waals surface area contributed by atoms with E-state index in [1.165, 1.54) is 0 Å². The van der Waals surface area contributed by atoms with E-state index in [1.807, 2.05) is 31.2 Å². The molecule has 0 unspecified atom stereocenters. The van der Waals surface area contributed by atoms with E-state index in [0.717, 1.165) is 28.9 Å². The monoisotopic (exact) mass is 386 g/mol. The molecule has 1 spiro atoms. The van der Waals surface area contributed by atoms with Crippen molar-refractivity contribution in [2.75, 3.05) is 6.54 Å². The van der Waals surface area contributed by atoms with Crippen molar-refractivity contribution in [2.45, 2.75) is 65.5 Å². The summed E-state index contributed by atoms with van der Waals surface area (Å²) in [5, 5.41) is 2.86. The summed E-state index contributed by atoms with van der Waals surface area (Å²) in [6, 6.07) is 7.17. The van der Waals surface area contributed by atoms with Crippen molar-refractivity contribution in [2.24, 2.45) is 11.3 Å². The summed E-state index contributed by atoms with van der Waals surface area (Å²) in [5.74, 6) is -0.349. The molecule has 2 aliphatic rings. The molecule has 1 saturated heterocycles. The van der Waals surface area contributed by atoms with Crippen molar-refractivity contribution in [3.05, 3.63) is 35.4 Å². The summed E-state index contributed by atoms with van der Waals surface area (Å²) >= 11 is 0. The lowest BCUT2D eigenvalue weighted by molar-refractivity contribution is -0.149. The first-order valence-corrected chi connectivity index (χ1v) is 9.96. The highest BCUT2D eigenvalue weighted by molar-refractivity contribution is 6.08. The van der Waals surface area contributed by atoms with Gasteiger partial charge in [0.25, 0.3) is 5.91 Å². The third-order valence-electron chi connectivity index (χ3n) is 6.12. The molecule has 1 N–H and O–H groups in total. The van der Waals surface area contributed by atoms with Crippen molar-refractivity contribution < 1.29 is 19.1 Å². The number of benzene rings is 1. The molecular formula is C22H30N2O4. The lowest BCUT2D eigenvalue weighted by Crippen LogP contribution is -2.50. The van der Waals surface area contributed by atoms with Crippen LogP contribution < -0.4 is 5.32 Å². The second kappa shape index (κ2) is 7.57. The van der Waals surface area contributed by atoms with Crippen molar-refractivity contribution in [1.82, 2.24) is 10.2 Å². The number of imide groups is 1. The van der Waals surface area contributed by atoms with Gasteiger partial charge >= 0.3 is 12.0 Å². The number of hydrogen-bond acceptors (Lipinski definition) is 4. The summed E-state index contributed by atoms with van der Waals surface area (Å²) < 4.78 is 5.25. The number of nitrogens with one attached hydrogen (secondary N) is 1. The number of aryl methyl sites for hydroxylation is 1. The van der Waals surface area contributed by atoms with E-state index in [2.05, 4.69) is 26.1 Å². The Labute approximate surface area is 166 Å². The van der Waals surface area contributed by atoms with Gasteiger partial charge in [-0.25, -0.2) is 4.79 Å². The third-order valence-corrected chi connectivity index (χ3v) is 6.12. The average molecular weight is 386 g/mol. The average Bonchev–Trinajstić information content (AvgIpc) is 2.85. The summed E-state index contributed by atoms with van der Waals surface area (Å²) in [7, 11) is 0. The Balaban J connectivity index is 1.56. The molecule has 2 fully saturated rings. The smallest absolute Gasteiger partial charge is 0.326 e. The molecule has 3 rings (SSSR count). The summed E-state index contributed by atoms with van der Waals surface area (Å²) in [6.45, 7) is 8.39. The number of urea groups is 1. The maximum absolute atomic E-state index is 12.9. The van der Waals surface area contributed by atoms with Gasteiger partial charge in [0, 0.05) is 0 Å². The SMILES string of the molecule is Cc1ccc(COC(=O)CN2C(=O)NC3(CCC(C(C)(C)C)CC3)C2=O)cc1. The van der Waals surface area contributed by atoms with Crippen LogP contribution >= 0.6 is 0 Å². The highest BCUT2D eigenvalue weighted by Gasteiger charge is 2.53. The van der Waals surface area contributed by atoms with Crippen molar-refractivity contribution in [3.8, 4) is 0 Å². The molecule has 1 aromatic rings. The van der Waals surface area contributed by atoms with Crippen LogP contribution in [0.25, 0.3) is 0 Å². The first kappa shape index (κ1) is 20.4. The van der Waals surface area contributed by atoms with Crippen molar-refractivity contribution in [3.63, 3.8) is 0 Å². The molecule has 28 heavy (non-hydrogen) atoms. The lowest BCUT2D eigenvalue weighted by atomic mass is 9.67. The van der Waals surface area contributed by atoms with Crippen LogP contribution in [0.2, 0.25) is 0 Å². The van der Waals surface area contributed by atoms with Gasteiger partial charge in [-0.3, -0.25) is 14.5 Å². The van der Waals surface area contributed by atoms with E-state index in [-0.39, 0.29) is 24.5 Å². The first-order valence-electron chi connectivity index (χ1n) is 9.96. The van der Waals surface area contributed by atoms with Gasteiger partial charge < -0.3 is 10.1 Å². The van der Waals surface area contributed by atoms with E-state index in [9.17, 15) is 14.4 Å². The van der Waals surface area contributed by atoms with Crippen molar-refractivity contribution in [1.29, 1.82) is 0 Å². The quantitative estimate of drug-likeness (QED) is 0.634. The summed E-state index contributed by atoms with van der Waals surface area (Å²) in [4.78, 5) is 38.5. The predicted molar refractivity (Wildman–Crippen MR) is 105 cm³/mol. The number of rotatable bonds is 4. The Kier molecular flexibility index (Phi) is 5.50. The lowest BCUT2D eigenvalue weighted by Gasteiger charge is -2.40. The number of amides is 3. The number of ether oxygens (including phenoxy) is 1. The minimum Gasteiger partial charge on any atom is -0.459 e. The Morgan fingerprint density at radius 3 is 2.36 bits per heavy atom. The molecule has 0 radical (unpaired) electrons. The summed E-state index contributed by atoms with van der Waals surface area (Å²) in [5.41, 5.74) is 1.33. The molecular weight excluding hydrogens is 356 g/mol. The molecule has 1 heterocycles. The Bertz CT molecular complexity index is 756. The Morgan fingerprint density at radius 2 is 1.79 bits per heavy atom. The predicted octanol–water partition coefficient (Wildman–Crippen LogP) is 3.57. The zero-order valence-corrected chi connectivity index (χ0v) is 17.2. The molecule has 6 heteroatoms. The topological polar surface area (TPSA) is 75.7 Å². The van der Waals surface area contributed by atoms with Crippen LogP contribution in [0.5, 0.6) is 0 Å². The minimum absolute atomic E-state index is 0.126. The summed E-state index contributed by atoms with van der Waals surface area (Å²) in [6.07, 6.45) is 3.02. The zero-order chi connectivity index (χ0) is 20.5. The van der Waals surface area contributed by atoms with Gasteiger partial charge in [-0.2, -0.15) is 0 Å². The van der Waals surface area contributed by atoms with Gasteiger partial charge in [0.05, 0.1) is 0 Å². The third kappa shape index (κ3) is 4.21. The molecule has 1 saturated carbocycles. The van der Waals surface area contributed by atoms with Gasteiger partial charge in [-0.1, -0.05) is 50.6 Å². The number of carbonyl (C=O) groups excluding carboxylic acids is 3. The largest absolute Gasteiger partial charge is 0.459 e. The maximum atomic E-state index is 12.9. The normalized spacial score (nSPS) is 25.1. The standard InChI is InChI=1S/C22H30N2O4/c1-15-5-7-16(8-6-15)14-28-18(25)13-24-19(26)22(23-20(24)27)11-9-17(10-12-22)21(2,3)4/h5-8,17H,9-14H2,1-4H3,(H,23,27). The molecule has 1 aromatic carbocycles. The van der Waals surface area contributed by atoms with Crippen molar-refractivity contribution >= 4 is 17.9 Å². The highest BCUT2D eigenvalue weighted by atomic mass is 16.5. The van der Waals surface area contributed by atoms with Crippen LogP contribution in [0, 0.1) is 18.3 Å². The van der Waals surface area contributed by atoms with Gasteiger partial charge in [-0.05, 0) is 49.5 Å². The van der Waals surface area contributed by atoms with Crippen LogP contribution in [0.3, 0.4) is 0 Å². The molecule has 0 bridgehead atoms. The first-order chi connectivity index (χ1) is 13.1. The fraction of sp³-hybridized carbons (Fsp3) is 0.591. The van der Waals surface area contributed by atoms with E-state index in [0.29, 0.717) is 18.8 Å². The molecule has 0 aromatic heterocycles. The van der Waals surface area contributed by atoms with Crippen LogP contribution in [0.1, 0.15) is 57.6 Å². The molecule has 152 valence electrons. The Hall–Kier alpha value is -2.37. The van der Waals surface area contributed by atoms with E-state index < -0.39 is 17.5 Å². The molecule has 3 amide bonds. The number of carbonyl (C=O) groups is 3. The molecule has 1 aliphatic carbocycles. The number of esters is 1. The van der Waals surface area contributed by atoms with Crippen LogP contribution in [-0.2, 0) is 20.9 Å². The number of nitrogens with zero attached hydrogens (tertiary/aromatic N) is 1. The second-order valence-corrected chi connectivity index (χ2v) is 9.19. The second-order valence-electron chi connectivity index (χ2n) is 9.19. The van der Waals surface area contributed by atoms with Gasteiger partial charge in [0.2, 0.25) is 0 Å². The fourth-order valence-corrected chi connectivity index (χ4v) is 4.16. The molecule has 0 atom stereocenters. The van der Waals surface area contributed by atoms with Gasteiger partial charge in [0.1, 0.15) is 18.7 Å². The van der Waals surface area contributed by atoms with Crippen LogP contribution in [-0.4, -0.2) is 34.9 Å². The molecule has 1 aliphatic heterocycles. The number of hydrogen-bond donors (Lipinski definition) is 1. The van der Waals surface area contributed by atoms with E-state index in [4.69, 9.17) is 4.74 Å². The minimum atomic E-state index is -0.851. The van der Waals surface area contributed by atoms with E-state index in [1.54, 1.807) is 0 Å². The van der Waals surface area contributed by atoms with Crippen LogP contribution in [0.15, 0.2) is 24.3 Å². The van der Waals surface area contributed by atoms with E-state index >= 15 is 0 Å².